The number of sulfonamides is 1. The molecular weight excluding hydrogens is 362 g/mol. The van der Waals surface area contributed by atoms with E-state index in [2.05, 4.69) is 21.4 Å². The van der Waals surface area contributed by atoms with Crippen LogP contribution < -0.4 is 15.4 Å². The maximum atomic E-state index is 12.4. The Bertz CT molecular complexity index is 786. The summed E-state index contributed by atoms with van der Waals surface area (Å²) in [5.74, 6) is -0.0771. The van der Waals surface area contributed by atoms with E-state index >= 15 is 0 Å². The van der Waals surface area contributed by atoms with Crippen molar-refractivity contribution in [2.24, 2.45) is 0 Å². The number of carbonyl (C=O) groups excluding carboxylic acids is 1. The molecule has 7 heteroatoms. The van der Waals surface area contributed by atoms with E-state index in [1.807, 2.05) is 20.8 Å². The molecule has 1 unspecified atom stereocenters. The second-order valence-electron chi connectivity index (χ2n) is 8.12. The lowest BCUT2D eigenvalue weighted by molar-refractivity contribution is 0.256. The van der Waals surface area contributed by atoms with Gasteiger partial charge in [-0.1, -0.05) is 19.9 Å². The van der Waals surface area contributed by atoms with Gasteiger partial charge in [0.2, 0.25) is 10.0 Å². The molecule has 2 aliphatic carbocycles. The van der Waals surface area contributed by atoms with Crippen LogP contribution in [0.3, 0.4) is 0 Å². The summed E-state index contributed by atoms with van der Waals surface area (Å²) in [6, 6.07) is 2.01. The number of anilines is 1. The van der Waals surface area contributed by atoms with Gasteiger partial charge in [0, 0.05) is 17.8 Å². The number of fused-ring (bicyclic) bond motifs is 2. The lowest BCUT2D eigenvalue weighted by Gasteiger charge is -2.18. The number of nitrogens with one attached hydrogen (secondary N) is 3. The molecule has 3 N–H and O–H groups in total. The molecule has 0 aromatic heterocycles. The summed E-state index contributed by atoms with van der Waals surface area (Å²) in [5, 5.41) is 6.15. The summed E-state index contributed by atoms with van der Waals surface area (Å²) in [7, 11) is -3.66. The van der Waals surface area contributed by atoms with Crippen LogP contribution in [0.5, 0.6) is 0 Å². The van der Waals surface area contributed by atoms with E-state index in [9.17, 15) is 13.2 Å². The molecule has 2 amide bonds. The van der Waals surface area contributed by atoms with Crippen LogP contribution in [0.25, 0.3) is 0 Å². The predicted octanol–water partition coefficient (Wildman–Crippen LogP) is 2.89. The summed E-state index contributed by atoms with van der Waals surface area (Å²) in [6.07, 6.45) is 6.61. The zero-order valence-electron chi connectivity index (χ0n) is 16.5. The third-order valence-corrected chi connectivity index (χ3v) is 6.67. The summed E-state index contributed by atoms with van der Waals surface area (Å²) in [6.45, 7) is 5.99. The first-order valence-corrected chi connectivity index (χ1v) is 11.6. The minimum absolute atomic E-state index is 0.0744. The highest BCUT2D eigenvalue weighted by Crippen LogP contribution is 2.38. The second-order valence-corrected chi connectivity index (χ2v) is 9.96. The van der Waals surface area contributed by atoms with Gasteiger partial charge in [-0.2, -0.15) is 0 Å². The second kappa shape index (κ2) is 8.19. The van der Waals surface area contributed by atoms with E-state index in [0.29, 0.717) is 12.5 Å². The van der Waals surface area contributed by atoms with Crippen molar-refractivity contribution in [3.8, 4) is 0 Å². The summed E-state index contributed by atoms with van der Waals surface area (Å²) in [5.41, 5.74) is 5.86. The standard InChI is InChI=1S/C20H31N3O3S/c1-13(2)21-14(3)10-11-27(25,26)23-20(24)22-19-17-8-4-6-15(17)12-16-7-5-9-18(16)19/h12-14,21H,4-11H2,1-3H3,(H2,22,23,24). The molecule has 1 atom stereocenters. The first-order valence-electron chi connectivity index (χ1n) is 9.99. The summed E-state index contributed by atoms with van der Waals surface area (Å²) < 4.78 is 26.8. The SMILES string of the molecule is CC(C)NC(C)CCS(=O)(=O)NC(=O)Nc1c2c(cc3c1CCC3)CCC2. The van der Waals surface area contributed by atoms with Gasteiger partial charge < -0.3 is 10.6 Å². The number of urea groups is 1. The number of benzene rings is 1. The van der Waals surface area contributed by atoms with Crippen LogP contribution in [0.15, 0.2) is 6.07 Å². The third kappa shape index (κ3) is 5.02. The Kier molecular flexibility index (Phi) is 6.11. The number of hydrogen-bond acceptors (Lipinski definition) is 4. The average molecular weight is 394 g/mol. The number of aryl methyl sites for hydroxylation is 2. The molecule has 1 aromatic rings. The molecule has 150 valence electrons. The van der Waals surface area contributed by atoms with Crippen LogP contribution in [0, 0.1) is 0 Å². The van der Waals surface area contributed by atoms with Gasteiger partial charge in [0.25, 0.3) is 0 Å². The van der Waals surface area contributed by atoms with Crippen molar-refractivity contribution in [3.63, 3.8) is 0 Å². The number of amides is 2. The molecule has 0 heterocycles. The van der Waals surface area contributed by atoms with Crippen molar-refractivity contribution in [2.75, 3.05) is 11.1 Å². The molecule has 3 rings (SSSR count). The third-order valence-electron chi connectivity index (χ3n) is 5.40. The Morgan fingerprint density at radius 1 is 1.04 bits per heavy atom. The Morgan fingerprint density at radius 3 is 2.19 bits per heavy atom. The topological polar surface area (TPSA) is 87.3 Å². The molecule has 0 saturated carbocycles. The monoisotopic (exact) mass is 393 g/mol. The summed E-state index contributed by atoms with van der Waals surface area (Å²) >= 11 is 0. The van der Waals surface area contributed by atoms with E-state index in [-0.39, 0.29) is 11.8 Å². The quantitative estimate of drug-likeness (QED) is 0.665. The highest BCUT2D eigenvalue weighted by Gasteiger charge is 2.26. The first-order chi connectivity index (χ1) is 12.7. The minimum Gasteiger partial charge on any atom is -0.312 e. The maximum Gasteiger partial charge on any atom is 0.332 e. The molecule has 0 aliphatic heterocycles. The first kappa shape index (κ1) is 20.1. The Balaban J connectivity index is 1.65. The van der Waals surface area contributed by atoms with Gasteiger partial charge in [-0.15, -0.1) is 0 Å². The van der Waals surface area contributed by atoms with Gasteiger partial charge in [-0.3, -0.25) is 0 Å². The molecule has 6 nitrogen and oxygen atoms in total. The van der Waals surface area contributed by atoms with E-state index < -0.39 is 16.1 Å². The molecule has 0 spiro atoms. The average Bonchev–Trinajstić information content (AvgIpc) is 3.20. The van der Waals surface area contributed by atoms with Gasteiger partial charge in [0.05, 0.1) is 5.75 Å². The molecule has 0 radical (unpaired) electrons. The van der Waals surface area contributed by atoms with Crippen LogP contribution in [0.4, 0.5) is 10.5 Å². The van der Waals surface area contributed by atoms with Gasteiger partial charge in [-0.05, 0) is 74.1 Å². The normalized spacial score (nSPS) is 16.9. The van der Waals surface area contributed by atoms with E-state index in [1.165, 1.54) is 22.3 Å². The van der Waals surface area contributed by atoms with Crippen molar-refractivity contribution >= 4 is 21.7 Å². The number of rotatable bonds is 7. The van der Waals surface area contributed by atoms with Crippen molar-refractivity contribution in [1.82, 2.24) is 10.0 Å². The highest BCUT2D eigenvalue weighted by molar-refractivity contribution is 7.90. The zero-order chi connectivity index (χ0) is 19.6. The Labute approximate surface area is 162 Å². The van der Waals surface area contributed by atoms with Crippen molar-refractivity contribution < 1.29 is 13.2 Å². The lowest BCUT2D eigenvalue weighted by atomic mass is 9.99. The van der Waals surface area contributed by atoms with Crippen LogP contribution in [0.2, 0.25) is 0 Å². The maximum absolute atomic E-state index is 12.4. The Hall–Kier alpha value is -1.60. The van der Waals surface area contributed by atoms with Crippen molar-refractivity contribution in [1.29, 1.82) is 0 Å². The van der Waals surface area contributed by atoms with E-state index in [4.69, 9.17) is 0 Å². The fraction of sp³-hybridized carbons (Fsp3) is 0.650. The fourth-order valence-electron chi connectivity index (χ4n) is 4.28. The molecular formula is C20H31N3O3S. The van der Waals surface area contributed by atoms with Crippen LogP contribution in [0.1, 0.15) is 62.3 Å². The van der Waals surface area contributed by atoms with Crippen molar-refractivity contribution in [2.45, 2.75) is 77.8 Å². The van der Waals surface area contributed by atoms with Crippen molar-refractivity contribution in [3.05, 3.63) is 28.3 Å². The van der Waals surface area contributed by atoms with Crippen LogP contribution in [-0.2, 0) is 35.7 Å². The fourth-order valence-corrected chi connectivity index (χ4v) is 5.38. The molecule has 0 saturated heterocycles. The number of carbonyl (C=O) groups is 1. The van der Waals surface area contributed by atoms with Gasteiger partial charge in [-0.25, -0.2) is 17.9 Å². The molecule has 27 heavy (non-hydrogen) atoms. The molecule has 0 bridgehead atoms. The lowest BCUT2D eigenvalue weighted by Crippen LogP contribution is -2.39. The Morgan fingerprint density at radius 2 is 1.63 bits per heavy atom. The molecule has 2 aliphatic rings. The van der Waals surface area contributed by atoms with Crippen LogP contribution in [-0.4, -0.2) is 32.3 Å². The van der Waals surface area contributed by atoms with Gasteiger partial charge in [0.1, 0.15) is 0 Å². The van der Waals surface area contributed by atoms with Gasteiger partial charge >= 0.3 is 6.03 Å². The van der Waals surface area contributed by atoms with Gasteiger partial charge in [0.15, 0.2) is 0 Å². The molecule has 0 fully saturated rings. The minimum atomic E-state index is -3.66. The predicted molar refractivity (Wildman–Crippen MR) is 109 cm³/mol. The van der Waals surface area contributed by atoms with E-state index in [1.54, 1.807) is 0 Å². The summed E-state index contributed by atoms with van der Waals surface area (Å²) in [4.78, 5) is 12.4. The highest BCUT2D eigenvalue weighted by atomic mass is 32.2. The zero-order valence-corrected chi connectivity index (χ0v) is 17.3. The number of hydrogen-bond donors (Lipinski definition) is 3. The largest absolute Gasteiger partial charge is 0.332 e. The van der Waals surface area contributed by atoms with E-state index in [0.717, 1.165) is 44.2 Å². The smallest absolute Gasteiger partial charge is 0.312 e. The molecule has 1 aromatic carbocycles. The van der Waals surface area contributed by atoms with Crippen LogP contribution >= 0.6 is 0 Å².